The molecule has 0 aromatic carbocycles. The topological polar surface area (TPSA) is 3.24 Å². The highest BCUT2D eigenvalue weighted by atomic mass is 15.1. The lowest BCUT2D eigenvalue weighted by Gasteiger charge is -2.17. The summed E-state index contributed by atoms with van der Waals surface area (Å²) in [6, 6.07) is 0.227. The van der Waals surface area contributed by atoms with Gasteiger partial charge in [0.1, 0.15) is 0 Å². The van der Waals surface area contributed by atoms with Gasteiger partial charge in [-0.3, -0.25) is 4.90 Å². The first-order valence-electron chi connectivity index (χ1n) is 3.87. The highest BCUT2D eigenvalue weighted by Gasteiger charge is 2.01. The Morgan fingerprint density at radius 3 is 2.55 bits per heavy atom. The molecule has 1 nitrogen and oxygen atoms in total. The second kappa shape index (κ2) is 4.98. The predicted molar refractivity (Wildman–Crippen MR) is 50.4 cm³/mol. The first-order valence-corrected chi connectivity index (χ1v) is 3.87. The minimum Gasteiger partial charge on any atom is -0.289 e. The molecule has 62 valence electrons. The van der Waals surface area contributed by atoms with E-state index in [0.29, 0.717) is 0 Å². The summed E-state index contributed by atoms with van der Waals surface area (Å²) in [5, 5.41) is 0. The van der Waals surface area contributed by atoms with Crippen molar-refractivity contribution in [3.8, 4) is 12.3 Å². The molecule has 0 spiro atoms. The summed E-state index contributed by atoms with van der Waals surface area (Å²) in [4.78, 5) is 2.13. The van der Waals surface area contributed by atoms with E-state index >= 15 is 0 Å². The van der Waals surface area contributed by atoms with Crippen LogP contribution in [0.5, 0.6) is 0 Å². The molecular weight excluding hydrogens is 134 g/mol. The molecule has 0 aliphatic rings. The maximum absolute atomic E-state index is 5.27. The fourth-order valence-corrected chi connectivity index (χ4v) is 0.612. The van der Waals surface area contributed by atoms with Crippen LogP contribution in [0.4, 0.5) is 0 Å². The van der Waals surface area contributed by atoms with Crippen LogP contribution in [0.25, 0.3) is 0 Å². The smallest absolute Gasteiger partial charge is 0.0683 e. The lowest BCUT2D eigenvalue weighted by molar-refractivity contribution is 0.337. The number of terminal acetylenes is 1. The largest absolute Gasteiger partial charge is 0.289 e. The van der Waals surface area contributed by atoms with E-state index in [-0.39, 0.29) is 6.04 Å². The van der Waals surface area contributed by atoms with Gasteiger partial charge in [-0.2, -0.15) is 0 Å². The van der Waals surface area contributed by atoms with Gasteiger partial charge in [-0.25, -0.2) is 0 Å². The molecule has 0 aromatic heterocycles. The molecule has 1 heteroatoms. The second-order valence-electron chi connectivity index (χ2n) is 3.06. The van der Waals surface area contributed by atoms with Crippen LogP contribution in [0.15, 0.2) is 11.6 Å². The van der Waals surface area contributed by atoms with Crippen molar-refractivity contribution >= 4 is 0 Å². The van der Waals surface area contributed by atoms with E-state index in [4.69, 9.17) is 6.42 Å². The Balaban J connectivity index is 3.80. The number of hydrogen-bond acceptors (Lipinski definition) is 1. The Morgan fingerprint density at radius 2 is 2.18 bits per heavy atom. The van der Waals surface area contributed by atoms with Crippen molar-refractivity contribution in [2.75, 3.05) is 13.6 Å². The Hall–Kier alpha value is -0.740. The summed E-state index contributed by atoms with van der Waals surface area (Å²) in [6.45, 7) is 7.15. The lowest BCUT2D eigenvalue weighted by atomic mass is 10.3. The maximum Gasteiger partial charge on any atom is 0.0683 e. The van der Waals surface area contributed by atoms with Gasteiger partial charge >= 0.3 is 0 Å². The van der Waals surface area contributed by atoms with Crippen molar-refractivity contribution in [2.24, 2.45) is 0 Å². The molecule has 0 fully saturated rings. The molecule has 1 unspecified atom stereocenters. The molecule has 0 rings (SSSR count). The van der Waals surface area contributed by atoms with E-state index in [1.54, 1.807) is 0 Å². The summed E-state index contributed by atoms with van der Waals surface area (Å²) in [5.74, 6) is 2.69. The second-order valence-corrected chi connectivity index (χ2v) is 3.06. The molecule has 1 atom stereocenters. The van der Waals surface area contributed by atoms with Crippen molar-refractivity contribution < 1.29 is 0 Å². The number of nitrogens with zero attached hydrogens (tertiary/aromatic N) is 1. The molecule has 0 aliphatic carbocycles. The SMILES string of the molecule is C#CC(C)N(C)CC=C(C)C. The van der Waals surface area contributed by atoms with E-state index in [9.17, 15) is 0 Å². The van der Waals surface area contributed by atoms with Crippen molar-refractivity contribution in [1.82, 2.24) is 4.90 Å². The molecule has 0 amide bonds. The van der Waals surface area contributed by atoms with E-state index in [1.165, 1.54) is 5.57 Å². The van der Waals surface area contributed by atoms with Crippen LogP contribution in [-0.2, 0) is 0 Å². The highest BCUT2D eigenvalue weighted by Crippen LogP contribution is 1.95. The monoisotopic (exact) mass is 151 g/mol. The van der Waals surface area contributed by atoms with Crippen molar-refractivity contribution in [3.63, 3.8) is 0 Å². The number of rotatable bonds is 3. The van der Waals surface area contributed by atoms with Crippen LogP contribution in [-0.4, -0.2) is 24.5 Å². The van der Waals surface area contributed by atoms with E-state index < -0.39 is 0 Å². The van der Waals surface area contributed by atoms with E-state index in [0.717, 1.165) is 6.54 Å². The zero-order valence-corrected chi connectivity index (χ0v) is 7.89. The summed E-state index contributed by atoms with van der Waals surface area (Å²) in [5.41, 5.74) is 1.33. The van der Waals surface area contributed by atoms with Crippen LogP contribution in [0.1, 0.15) is 20.8 Å². The Kier molecular flexibility index (Phi) is 4.65. The molecule has 0 N–H and O–H groups in total. The van der Waals surface area contributed by atoms with Gasteiger partial charge in [0.15, 0.2) is 0 Å². The molecule has 0 saturated heterocycles. The van der Waals surface area contributed by atoms with Crippen LogP contribution in [0.2, 0.25) is 0 Å². The minimum atomic E-state index is 0.227. The average Bonchev–Trinajstić information content (AvgIpc) is 1.98. The van der Waals surface area contributed by atoms with E-state index in [2.05, 4.69) is 30.7 Å². The van der Waals surface area contributed by atoms with Crippen molar-refractivity contribution in [2.45, 2.75) is 26.8 Å². The van der Waals surface area contributed by atoms with E-state index in [1.807, 2.05) is 14.0 Å². The molecule has 0 aliphatic heterocycles. The molecule has 0 bridgehead atoms. The van der Waals surface area contributed by atoms with Gasteiger partial charge in [0, 0.05) is 6.54 Å². The Bertz CT molecular complexity index is 170. The fourth-order valence-electron chi connectivity index (χ4n) is 0.612. The molecule has 0 heterocycles. The van der Waals surface area contributed by atoms with Gasteiger partial charge in [0.05, 0.1) is 6.04 Å². The lowest BCUT2D eigenvalue weighted by Crippen LogP contribution is -2.27. The Labute approximate surface area is 70.1 Å². The van der Waals surface area contributed by atoms with Gasteiger partial charge in [-0.15, -0.1) is 6.42 Å². The molecule has 0 saturated carbocycles. The summed E-state index contributed by atoms with van der Waals surface area (Å²) in [7, 11) is 2.03. The third-order valence-electron chi connectivity index (χ3n) is 1.69. The third kappa shape index (κ3) is 4.64. The number of hydrogen-bond donors (Lipinski definition) is 0. The first kappa shape index (κ1) is 10.3. The summed E-state index contributed by atoms with van der Waals surface area (Å²) >= 11 is 0. The van der Waals surface area contributed by atoms with Gasteiger partial charge in [-0.05, 0) is 27.8 Å². The summed E-state index contributed by atoms with van der Waals surface area (Å²) < 4.78 is 0. The van der Waals surface area contributed by atoms with Crippen LogP contribution >= 0.6 is 0 Å². The van der Waals surface area contributed by atoms with Gasteiger partial charge < -0.3 is 0 Å². The quantitative estimate of drug-likeness (QED) is 0.440. The van der Waals surface area contributed by atoms with Crippen LogP contribution < -0.4 is 0 Å². The number of allylic oxidation sites excluding steroid dienone is 1. The Morgan fingerprint density at radius 1 is 1.64 bits per heavy atom. The molecule has 0 radical (unpaired) electrons. The number of likely N-dealkylation sites (N-methyl/N-ethyl adjacent to an activating group) is 1. The molecular formula is C10H17N. The fraction of sp³-hybridized carbons (Fsp3) is 0.600. The van der Waals surface area contributed by atoms with Crippen LogP contribution in [0, 0.1) is 12.3 Å². The third-order valence-corrected chi connectivity index (χ3v) is 1.69. The van der Waals surface area contributed by atoms with Gasteiger partial charge in [0.2, 0.25) is 0 Å². The average molecular weight is 151 g/mol. The zero-order chi connectivity index (χ0) is 8.85. The zero-order valence-electron chi connectivity index (χ0n) is 7.89. The summed E-state index contributed by atoms with van der Waals surface area (Å²) in [6.07, 6.45) is 7.44. The van der Waals surface area contributed by atoms with Crippen molar-refractivity contribution in [3.05, 3.63) is 11.6 Å². The normalized spacial score (nSPS) is 12.4. The standard InChI is InChI=1S/C10H17N/c1-6-10(4)11(5)8-7-9(2)3/h1,7,10H,8H2,2-5H3. The van der Waals surface area contributed by atoms with Gasteiger partial charge in [0.25, 0.3) is 0 Å². The predicted octanol–water partition coefficient (Wildman–Crippen LogP) is 1.91. The van der Waals surface area contributed by atoms with Gasteiger partial charge in [-0.1, -0.05) is 17.6 Å². The molecule has 11 heavy (non-hydrogen) atoms. The highest BCUT2D eigenvalue weighted by molar-refractivity contribution is 5.00. The first-order chi connectivity index (χ1) is 5.07. The van der Waals surface area contributed by atoms with Crippen LogP contribution in [0.3, 0.4) is 0 Å². The molecule has 0 aromatic rings. The maximum atomic E-state index is 5.27. The minimum absolute atomic E-state index is 0.227. The van der Waals surface area contributed by atoms with Crippen molar-refractivity contribution in [1.29, 1.82) is 0 Å².